The Balaban J connectivity index is 1.63. The van der Waals surface area contributed by atoms with Gasteiger partial charge in [-0.15, -0.1) is 5.10 Å². The zero-order valence-corrected chi connectivity index (χ0v) is 13.0. The summed E-state index contributed by atoms with van der Waals surface area (Å²) in [5, 5.41) is 22.2. The number of rotatable bonds is 6. The minimum atomic E-state index is -1.07. The van der Waals surface area contributed by atoms with Crippen LogP contribution in [0.5, 0.6) is 0 Å². The third-order valence-corrected chi connectivity index (χ3v) is 3.30. The van der Waals surface area contributed by atoms with Crippen molar-refractivity contribution in [1.82, 2.24) is 15.5 Å². The molecule has 8 nitrogen and oxygen atoms in total. The van der Waals surface area contributed by atoms with Gasteiger partial charge in [-0.2, -0.15) is 0 Å². The van der Waals surface area contributed by atoms with E-state index >= 15 is 0 Å². The second-order valence-corrected chi connectivity index (χ2v) is 5.03. The lowest BCUT2D eigenvalue weighted by Crippen LogP contribution is -2.22. The number of carboxylic acids is 1. The third kappa shape index (κ3) is 3.99. The van der Waals surface area contributed by atoms with Gasteiger partial charge in [0.1, 0.15) is 0 Å². The molecule has 0 atom stereocenters. The molecule has 3 aromatic rings. The van der Waals surface area contributed by atoms with E-state index in [0.29, 0.717) is 11.3 Å². The smallest absolute Gasteiger partial charge is 0.337 e. The number of hydrogen-bond donors (Lipinski definition) is 3. The van der Waals surface area contributed by atoms with Crippen LogP contribution in [0.25, 0.3) is 0 Å². The Morgan fingerprint density at radius 2 is 1.72 bits per heavy atom. The van der Waals surface area contributed by atoms with Crippen LogP contribution >= 0.6 is 0 Å². The maximum atomic E-state index is 12.0. The highest BCUT2D eigenvalue weighted by Crippen LogP contribution is 2.20. The van der Waals surface area contributed by atoms with Crippen LogP contribution in [-0.4, -0.2) is 27.2 Å². The minimum absolute atomic E-state index is 0.0395. The van der Waals surface area contributed by atoms with Gasteiger partial charge in [-0.1, -0.05) is 35.4 Å². The Labute approximate surface area is 142 Å². The molecule has 0 spiro atoms. The average molecular weight is 338 g/mol. The topological polar surface area (TPSA) is 117 Å². The molecule has 3 N–H and O–H groups in total. The van der Waals surface area contributed by atoms with Crippen LogP contribution in [0.1, 0.15) is 26.6 Å². The summed E-state index contributed by atoms with van der Waals surface area (Å²) in [4.78, 5) is 23.1. The lowest BCUT2D eigenvalue weighted by molar-refractivity contribution is 0.0697. The average Bonchev–Trinajstić information content (AvgIpc) is 3.08. The summed E-state index contributed by atoms with van der Waals surface area (Å²) in [7, 11) is 0. The summed E-state index contributed by atoms with van der Waals surface area (Å²) in [6.07, 6.45) is 0. The number of benzene rings is 2. The van der Waals surface area contributed by atoms with Crippen LogP contribution in [0.2, 0.25) is 0 Å². The van der Waals surface area contributed by atoms with Crippen LogP contribution in [-0.2, 0) is 6.54 Å². The Bertz CT molecular complexity index is 892. The van der Waals surface area contributed by atoms with Gasteiger partial charge < -0.3 is 20.2 Å². The first-order chi connectivity index (χ1) is 12.1. The van der Waals surface area contributed by atoms with E-state index in [-0.39, 0.29) is 29.9 Å². The number of hydrogen-bond acceptors (Lipinski definition) is 6. The van der Waals surface area contributed by atoms with Gasteiger partial charge in [-0.3, -0.25) is 4.79 Å². The lowest BCUT2D eigenvalue weighted by atomic mass is 10.2. The largest absolute Gasteiger partial charge is 0.478 e. The van der Waals surface area contributed by atoms with Crippen molar-refractivity contribution in [2.45, 2.75) is 6.54 Å². The molecule has 2 aromatic carbocycles. The highest BCUT2D eigenvalue weighted by atomic mass is 16.4. The van der Waals surface area contributed by atoms with Crippen molar-refractivity contribution < 1.29 is 19.1 Å². The molecule has 0 bridgehead atoms. The fraction of sp³-hybridized carbons (Fsp3) is 0.0588. The fourth-order valence-electron chi connectivity index (χ4n) is 2.12. The number of carboxylic acid groups (broad SMARTS) is 1. The molecule has 8 heteroatoms. The number of anilines is 2. The maximum Gasteiger partial charge on any atom is 0.337 e. The lowest BCUT2D eigenvalue weighted by Gasteiger charge is -2.05. The van der Waals surface area contributed by atoms with Gasteiger partial charge in [-0.05, 0) is 24.3 Å². The van der Waals surface area contributed by atoms with Crippen molar-refractivity contribution in [2.24, 2.45) is 0 Å². The molecule has 126 valence electrons. The monoisotopic (exact) mass is 338 g/mol. The van der Waals surface area contributed by atoms with Crippen molar-refractivity contribution in [1.29, 1.82) is 0 Å². The Hall–Kier alpha value is -3.68. The number of nitrogens with zero attached hydrogens (tertiary/aromatic N) is 2. The molecule has 3 rings (SSSR count). The summed E-state index contributed by atoms with van der Waals surface area (Å²) in [5.74, 6) is -1.14. The summed E-state index contributed by atoms with van der Waals surface area (Å²) in [6.45, 7) is 0.0585. The molecule has 0 aliphatic carbocycles. The summed E-state index contributed by atoms with van der Waals surface area (Å²) in [6, 6.07) is 15.1. The van der Waals surface area contributed by atoms with Gasteiger partial charge in [-0.25, -0.2) is 4.79 Å². The summed E-state index contributed by atoms with van der Waals surface area (Å²) < 4.78 is 5.37. The van der Waals surface area contributed by atoms with Crippen LogP contribution in [0.15, 0.2) is 59.0 Å². The number of carbonyl (C=O) groups is 2. The third-order valence-electron chi connectivity index (χ3n) is 3.30. The fourth-order valence-corrected chi connectivity index (χ4v) is 2.12. The molecule has 0 fully saturated rings. The van der Waals surface area contributed by atoms with Gasteiger partial charge in [0, 0.05) is 5.56 Å². The van der Waals surface area contributed by atoms with Gasteiger partial charge in [0.05, 0.1) is 17.8 Å². The SMILES string of the molecule is O=C(NCc1nnc(Nc2ccccc2C(=O)O)o1)c1ccccc1. The summed E-state index contributed by atoms with van der Waals surface area (Å²) >= 11 is 0. The van der Waals surface area contributed by atoms with E-state index in [4.69, 9.17) is 9.52 Å². The molecule has 0 aliphatic rings. The number of nitrogens with one attached hydrogen (secondary N) is 2. The molecule has 1 amide bonds. The van der Waals surface area contributed by atoms with E-state index in [9.17, 15) is 9.59 Å². The minimum Gasteiger partial charge on any atom is -0.478 e. The van der Waals surface area contributed by atoms with E-state index in [2.05, 4.69) is 20.8 Å². The predicted molar refractivity (Wildman–Crippen MR) is 88.6 cm³/mol. The first-order valence-electron chi connectivity index (χ1n) is 7.38. The standard InChI is InChI=1S/C17H14N4O4/c22-15(11-6-2-1-3-7-11)18-10-14-20-21-17(25-14)19-13-9-5-4-8-12(13)16(23)24/h1-9H,10H2,(H,18,22)(H,19,21)(H,23,24). The van der Waals surface area contributed by atoms with E-state index in [1.165, 1.54) is 6.07 Å². The maximum absolute atomic E-state index is 12.0. The number of aromatic carboxylic acids is 1. The Morgan fingerprint density at radius 1 is 1.00 bits per heavy atom. The molecule has 0 aliphatic heterocycles. The van der Waals surface area contributed by atoms with Gasteiger partial charge in [0.2, 0.25) is 5.89 Å². The first kappa shape index (κ1) is 16.2. The van der Waals surface area contributed by atoms with Crippen molar-refractivity contribution in [2.75, 3.05) is 5.32 Å². The summed E-state index contributed by atoms with van der Waals surface area (Å²) in [5.41, 5.74) is 0.939. The van der Waals surface area contributed by atoms with Crippen LogP contribution in [0, 0.1) is 0 Å². The molecule has 0 saturated heterocycles. The second kappa shape index (κ2) is 7.26. The molecule has 0 unspecified atom stereocenters. The van der Waals surface area contributed by atoms with Gasteiger partial charge >= 0.3 is 12.0 Å². The molecule has 0 saturated carbocycles. The Morgan fingerprint density at radius 3 is 2.48 bits per heavy atom. The normalized spacial score (nSPS) is 10.2. The van der Waals surface area contributed by atoms with Crippen molar-refractivity contribution in [3.05, 3.63) is 71.6 Å². The predicted octanol–water partition coefficient (Wildman–Crippen LogP) is 2.44. The zero-order chi connectivity index (χ0) is 17.6. The highest BCUT2D eigenvalue weighted by Gasteiger charge is 2.13. The highest BCUT2D eigenvalue weighted by molar-refractivity contribution is 5.95. The Kier molecular flexibility index (Phi) is 4.70. The van der Waals surface area contributed by atoms with Crippen molar-refractivity contribution >= 4 is 23.6 Å². The van der Waals surface area contributed by atoms with Gasteiger partial charge in [0.15, 0.2) is 0 Å². The molecule has 1 heterocycles. The molecule has 25 heavy (non-hydrogen) atoms. The number of para-hydroxylation sites is 1. The van der Waals surface area contributed by atoms with Crippen molar-refractivity contribution in [3.63, 3.8) is 0 Å². The molecule has 0 radical (unpaired) electrons. The van der Waals surface area contributed by atoms with Crippen LogP contribution in [0.3, 0.4) is 0 Å². The van der Waals surface area contributed by atoms with Gasteiger partial charge in [0.25, 0.3) is 5.91 Å². The van der Waals surface area contributed by atoms with E-state index in [0.717, 1.165) is 0 Å². The number of amides is 1. The molecule has 1 aromatic heterocycles. The van der Waals surface area contributed by atoms with Crippen molar-refractivity contribution in [3.8, 4) is 0 Å². The zero-order valence-electron chi connectivity index (χ0n) is 13.0. The van der Waals surface area contributed by atoms with E-state index in [1.807, 2.05) is 6.07 Å². The van der Waals surface area contributed by atoms with E-state index in [1.54, 1.807) is 42.5 Å². The second-order valence-electron chi connectivity index (χ2n) is 5.03. The number of carbonyl (C=O) groups excluding carboxylic acids is 1. The number of aromatic nitrogens is 2. The van der Waals surface area contributed by atoms with Crippen LogP contribution < -0.4 is 10.6 Å². The molecular formula is C17H14N4O4. The van der Waals surface area contributed by atoms with E-state index < -0.39 is 5.97 Å². The molecular weight excluding hydrogens is 324 g/mol. The quantitative estimate of drug-likeness (QED) is 0.632. The van der Waals surface area contributed by atoms with Crippen LogP contribution in [0.4, 0.5) is 11.7 Å². The first-order valence-corrected chi connectivity index (χ1v) is 7.38.